The number of hydrogen-bond acceptors (Lipinski definition) is 6. The number of halogens is 1. The molecule has 2 heterocycles. The predicted molar refractivity (Wildman–Crippen MR) is 138 cm³/mol. The fourth-order valence-electron chi connectivity index (χ4n) is 3.92. The molecule has 1 N–H and O–H groups in total. The molecule has 1 aliphatic rings. The Hall–Kier alpha value is -3.32. The van der Waals surface area contributed by atoms with Crippen LogP contribution in [0.5, 0.6) is 11.5 Å². The number of anilines is 1. The topological polar surface area (TPSA) is 76.6 Å². The molecule has 184 valence electrons. The summed E-state index contributed by atoms with van der Waals surface area (Å²) in [6, 6.07) is 19.2. The van der Waals surface area contributed by atoms with Gasteiger partial charge in [-0.2, -0.15) is 0 Å². The molecule has 3 aromatic rings. The second kappa shape index (κ2) is 11.0. The molecule has 4 rings (SSSR count). The molecule has 8 heteroatoms. The van der Waals surface area contributed by atoms with Crippen LogP contribution in [-0.4, -0.2) is 46.4 Å². The van der Waals surface area contributed by atoms with E-state index in [0.29, 0.717) is 24.2 Å². The summed E-state index contributed by atoms with van der Waals surface area (Å²) in [6.45, 7) is 7.79. The minimum absolute atomic E-state index is 0.240. The quantitative estimate of drug-likeness (QED) is 0.413. The third-order valence-electron chi connectivity index (χ3n) is 5.72. The Morgan fingerprint density at radius 2 is 1.69 bits per heavy atom. The number of carbonyl (C=O) groups is 1. The summed E-state index contributed by atoms with van der Waals surface area (Å²) in [4.78, 5) is 14.1. The van der Waals surface area contributed by atoms with Gasteiger partial charge in [0.15, 0.2) is 5.15 Å². The van der Waals surface area contributed by atoms with Crippen LogP contribution in [-0.2, 0) is 4.74 Å². The van der Waals surface area contributed by atoms with E-state index in [1.54, 1.807) is 11.0 Å². The highest BCUT2D eigenvalue weighted by atomic mass is 35.5. The van der Waals surface area contributed by atoms with Gasteiger partial charge < -0.3 is 19.7 Å². The maximum atomic E-state index is 12.3. The molecule has 0 saturated carbocycles. The van der Waals surface area contributed by atoms with Crippen LogP contribution in [0.25, 0.3) is 11.3 Å². The van der Waals surface area contributed by atoms with Gasteiger partial charge in [0.1, 0.15) is 22.8 Å². The van der Waals surface area contributed by atoms with Crippen molar-refractivity contribution in [2.75, 3.05) is 25.0 Å². The second-order valence-electron chi connectivity index (χ2n) is 9.66. The molecule has 0 radical (unpaired) electrons. The zero-order valence-corrected chi connectivity index (χ0v) is 21.1. The fraction of sp³-hybridized carbons (Fsp3) is 0.370. The Kier molecular flexibility index (Phi) is 7.76. The van der Waals surface area contributed by atoms with Crippen LogP contribution in [0, 0.1) is 5.92 Å². The number of nitrogens with zero attached hydrogens (tertiary/aromatic N) is 3. The molecule has 1 saturated heterocycles. The van der Waals surface area contributed by atoms with Crippen molar-refractivity contribution in [3.05, 3.63) is 65.8 Å². The number of hydrogen-bond donors (Lipinski definition) is 1. The number of likely N-dealkylation sites (tertiary alicyclic amines) is 1. The van der Waals surface area contributed by atoms with Gasteiger partial charge in [0.05, 0.1) is 5.69 Å². The first-order valence-electron chi connectivity index (χ1n) is 11.9. The van der Waals surface area contributed by atoms with Crippen molar-refractivity contribution in [2.24, 2.45) is 5.92 Å². The summed E-state index contributed by atoms with van der Waals surface area (Å²) in [5.41, 5.74) is 1.99. The van der Waals surface area contributed by atoms with E-state index >= 15 is 0 Å². The number of carbonyl (C=O) groups excluding carboxylic acids is 1. The maximum absolute atomic E-state index is 12.3. The first-order valence-corrected chi connectivity index (χ1v) is 12.2. The van der Waals surface area contributed by atoms with Crippen LogP contribution in [0.4, 0.5) is 10.5 Å². The first kappa shape index (κ1) is 24.8. The largest absolute Gasteiger partial charge is 0.457 e. The average Bonchev–Trinajstić information content (AvgIpc) is 2.83. The van der Waals surface area contributed by atoms with Crippen LogP contribution in [0.15, 0.2) is 60.7 Å². The van der Waals surface area contributed by atoms with Gasteiger partial charge in [-0.1, -0.05) is 29.8 Å². The molecule has 1 fully saturated rings. The lowest BCUT2D eigenvalue weighted by molar-refractivity contribution is 0.0188. The molecule has 1 amide bonds. The number of amides is 1. The highest BCUT2D eigenvalue weighted by Crippen LogP contribution is 2.30. The minimum atomic E-state index is -0.481. The predicted octanol–water partition coefficient (Wildman–Crippen LogP) is 6.65. The number of aromatic nitrogens is 2. The molecule has 0 spiro atoms. The molecule has 7 nitrogen and oxygen atoms in total. The Balaban J connectivity index is 1.37. The highest BCUT2D eigenvalue weighted by molar-refractivity contribution is 6.29. The Bertz CT molecular complexity index is 1130. The lowest BCUT2D eigenvalue weighted by Crippen LogP contribution is -2.42. The van der Waals surface area contributed by atoms with Crippen molar-refractivity contribution >= 4 is 23.4 Å². The van der Waals surface area contributed by atoms with E-state index in [0.717, 1.165) is 47.8 Å². The van der Waals surface area contributed by atoms with Gasteiger partial charge in [0.2, 0.25) is 0 Å². The highest BCUT2D eigenvalue weighted by Gasteiger charge is 2.27. The van der Waals surface area contributed by atoms with Gasteiger partial charge in [0.25, 0.3) is 0 Å². The zero-order valence-electron chi connectivity index (χ0n) is 20.3. The van der Waals surface area contributed by atoms with Crippen molar-refractivity contribution in [3.63, 3.8) is 0 Å². The summed E-state index contributed by atoms with van der Waals surface area (Å²) in [5, 5.41) is 12.2. The normalized spacial score (nSPS) is 14.5. The van der Waals surface area contributed by atoms with Crippen molar-refractivity contribution in [3.8, 4) is 22.8 Å². The van der Waals surface area contributed by atoms with E-state index in [1.807, 2.05) is 75.4 Å². The average molecular weight is 495 g/mol. The second-order valence-corrected chi connectivity index (χ2v) is 10.0. The summed E-state index contributed by atoms with van der Waals surface area (Å²) in [6.07, 6.45) is 1.56. The summed E-state index contributed by atoms with van der Waals surface area (Å²) in [5.74, 6) is 1.95. The van der Waals surface area contributed by atoms with Crippen molar-refractivity contribution in [2.45, 2.75) is 39.2 Å². The lowest BCUT2D eigenvalue weighted by Gasteiger charge is -2.33. The van der Waals surface area contributed by atoms with E-state index in [4.69, 9.17) is 21.1 Å². The molecule has 0 bridgehead atoms. The molecule has 1 aliphatic heterocycles. The smallest absolute Gasteiger partial charge is 0.410 e. The molecular weight excluding hydrogens is 464 g/mol. The molecule has 0 atom stereocenters. The van der Waals surface area contributed by atoms with E-state index in [-0.39, 0.29) is 6.09 Å². The molecule has 35 heavy (non-hydrogen) atoms. The van der Waals surface area contributed by atoms with Crippen LogP contribution < -0.4 is 10.1 Å². The number of para-hydroxylation sites is 1. The van der Waals surface area contributed by atoms with Gasteiger partial charge >= 0.3 is 6.09 Å². The van der Waals surface area contributed by atoms with E-state index in [9.17, 15) is 4.79 Å². The Morgan fingerprint density at radius 3 is 2.34 bits per heavy atom. The van der Waals surface area contributed by atoms with Crippen LogP contribution in [0.1, 0.15) is 33.6 Å². The number of rotatable bonds is 6. The molecule has 0 aliphatic carbocycles. The van der Waals surface area contributed by atoms with Gasteiger partial charge in [-0.05, 0) is 75.9 Å². The number of ether oxygens (including phenoxy) is 2. The van der Waals surface area contributed by atoms with Gasteiger partial charge in [-0.3, -0.25) is 0 Å². The van der Waals surface area contributed by atoms with Gasteiger partial charge in [-0.15, -0.1) is 10.2 Å². The van der Waals surface area contributed by atoms with Gasteiger partial charge in [0, 0.05) is 31.3 Å². The summed E-state index contributed by atoms with van der Waals surface area (Å²) < 4.78 is 11.4. The SMILES string of the molecule is CC(C)(C)OC(=O)N1CCC(CNc2cc(Cl)nnc2-c2ccc(Oc3ccccc3)cc2)CC1. The molecular formula is C27H31ClN4O3. The van der Waals surface area contributed by atoms with Crippen molar-refractivity contribution in [1.82, 2.24) is 15.1 Å². The van der Waals surface area contributed by atoms with Crippen LogP contribution >= 0.6 is 11.6 Å². The molecule has 1 aromatic heterocycles. The molecule has 0 unspecified atom stereocenters. The van der Waals surface area contributed by atoms with Crippen molar-refractivity contribution < 1.29 is 14.3 Å². The standard InChI is InChI=1S/C27H31ClN4O3/c1-27(2,3)35-26(33)32-15-13-19(14-16-32)18-29-23-17-24(28)30-31-25(23)20-9-11-22(12-10-20)34-21-7-5-4-6-8-21/h4-12,17,19H,13-16,18H2,1-3H3,(H,29,30). The van der Waals surface area contributed by atoms with Gasteiger partial charge in [-0.25, -0.2) is 4.79 Å². The lowest BCUT2D eigenvalue weighted by atomic mass is 9.97. The third-order valence-corrected chi connectivity index (χ3v) is 5.90. The number of benzene rings is 2. The Morgan fingerprint density at radius 1 is 1.03 bits per heavy atom. The van der Waals surface area contributed by atoms with Crippen molar-refractivity contribution in [1.29, 1.82) is 0 Å². The maximum Gasteiger partial charge on any atom is 0.410 e. The van der Waals surface area contributed by atoms with E-state index < -0.39 is 5.60 Å². The van der Waals surface area contributed by atoms with Crippen LogP contribution in [0.3, 0.4) is 0 Å². The summed E-state index contributed by atoms with van der Waals surface area (Å²) in [7, 11) is 0. The van der Waals surface area contributed by atoms with E-state index in [1.165, 1.54) is 0 Å². The Labute approximate surface area is 211 Å². The monoisotopic (exact) mass is 494 g/mol. The fourth-order valence-corrected chi connectivity index (χ4v) is 4.07. The van der Waals surface area contributed by atoms with E-state index in [2.05, 4.69) is 15.5 Å². The number of nitrogens with one attached hydrogen (secondary N) is 1. The third kappa shape index (κ3) is 7.09. The first-order chi connectivity index (χ1) is 16.8. The summed E-state index contributed by atoms with van der Waals surface area (Å²) >= 11 is 6.16. The number of piperidine rings is 1. The minimum Gasteiger partial charge on any atom is -0.457 e. The molecule has 2 aromatic carbocycles. The zero-order chi connectivity index (χ0) is 24.8. The van der Waals surface area contributed by atoms with Crippen LogP contribution in [0.2, 0.25) is 5.15 Å².